The summed E-state index contributed by atoms with van der Waals surface area (Å²) in [5.74, 6) is -0.395. The molecule has 4 heteroatoms. The molecule has 0 radical (unpaired) electrons. The predicted molar refractivity (Wildman–Crippen MR) is 80.0 cm³/mol. The summed E-state index contributed by atoms with van der Waals surface area (Å²) < 4.78 is 5.33. The lowest BCUT2D eigenvalue weighted by Gasteiger charge is -2.37. The number of amides is 1. The third-order valence-corrected chi connectivity index (χ3v) is 4.71. The van der Waals surface area contributed by atoms with Crippen molar-refractivity contribution in [1.82, 2.24) is 4.90 Å². The summed E-state index contributed by atoms with van der Waals surface area (Å²) in [6.07, 6.45) is 3.41. The van der Waals surface area contributed by atoms with Gasteiger partial charge >= 0.3 is 0 Å². The molecular weight excluding hydrogens is 266 g/mol. The molecule has 3 rings (SSSR count). The van der Waals surface area contributed by atoms with E-state index in [1.165, 1.54) is 0 Å². The van der Waals surface area contributed by atoms with Crippen LogP contribution in [0.15, 0.2) is 30.3 Å². The number of ether oxygens (including phenoxy) is 1. The zero-order valence-corrected chi connectivity index (χ0v) is 12.3. The highest BCUT2D eigenvalue weighted by molar-refractivity contribution is 5.85. The van der Waals surface area contributed by atoms with Gasteiger partial charge in [-0.25, -0.2) is 0 Å². The Hall–Kier alpha value is -1.39. The standard InChI is InChI=1S/C17H23NO3/c19-16(18-10-12-21-13-11-18)15(14-6-2-1-3-7-14)17(20)8-4-5-9-17/h1-3,6-7,15,20H,4-5,8-13H2/t15-/m0/s1. The number of rotatable bonds is 3. The average Bonchev–Trinajstić information content (AvgIpc) is 2.96. The molecule has 1 aromatic rings. The number of nitrogens with zero attached hydrogens (tertiary/aromatic N) is 1. The highest BCUT2D eigenvalue weighted by Crippen LogP contribution is 2.42. The lowest BCUT2D eigenvalue weighted by molar-refractivity contribution is -0.143. The van der Waals surface area contributed by atoms with Crippen LogP contribution in [0.25, 0.3) is 0 Å². The molecule has 1 N–H and O–H groups in total. The molecule has 4 nitrogen and oxygen atoms in total. The van der Waals surface area contributed by atoms with E-state index in [2.05, 4.69) is 0 Å². The number of benzene rings is 1. The lowest BCUT2D eigenvalue weighted by Crippen LogP contribution is -2.49. The summed E-state index contributed by atoms with van der Waals surface area (Å²) >= 11 is 0. The number of carbonyl (C=O) groups excluding carboxylic acids is 1. The first-order valence-corrected chi connectivity index (χ1v) is 7.84. The number of hydrogen-bond acceptors (Lipinski definition) is 3. The molecule has 2 aliphatic rings. The Labute approximate surface area is 125 Å². The van der Waals surface area contributed by atoms with Crippen LogP contribution < -0.4 is 0 Å². The highest BCUT2D eigenvalue weighted by atomic mass is 16.5. The lowest BCUT2D eigenvalue weighted by atomic mass is 9.79. The van der Waals surface area contributed by atoms with E-state index < -0.39 is 11.5 Å². The fraction of sp³-hybridized carbons (Fsp3) is 0.588. The summed E-state index contributed by atoms with van der Waals surface area (Å²) in [6.45, 7) is 2.42. The van der Waals surface area contributed by atoms with Gasteiger partial charge in [-0.1, -0.05) is 43.2 Å². The van der Waals surface area contributed by atoms with Gasteiger partial charge in [0, 0.05) is 13.1 Å². The van der Waals surface area contributed by atoms with Crippen LogP contribution in [0.4, 0.5) is 0 Å². The van der Waals surface area contributed by atoms with Crippen molar-refractivity contribution in [2.75, 3.05) is 26.3 Å². The topological polar surface area (TPSA) is 49.8 Å². The van der Waals surface area contributed by atoms with E-state index in [0.29, 0.717) is 39.1 Å². The van der Waals surface area contributed by atoms with Gasteiger partial charge in [0.05, 0.1) is 24.7 Å². The molecule has 0 unspecified atom stereocenters. The molecular formula is C17H23NO3. The summed E-state index contributed by atoms with van der Waals surface area (Å²) in [5.41, 5.74) is 0.0369. The van der Waals surface area contributed by atoms with E-state index in [-0.39, 0.29) is 5.91 Å². The van der Waals surface area contributed by atoms with Crippen LogP contribution in [0.3, 0.4) is 0 Å². The van der Waals surface area contributed by atoms with Gasteiger partial charge in [0.1, 0.15) is 0 Å². The Morgan fingerprint density at radius 1 is 1.14 bits per heavy atom. The van der Waals surface area contributed by atoms with Crippen molar-refractivity contribution in [3.05, 3.63) is 35.9 Å². The monoisotopic (exact) mass is 289 g/mol. The van der Waals surface area contributed by atoms with Crippen LogP contribution >= 0.6 is 0 Å². The van der Waals surface area contributed by atoms with Gasteiger partial charge in [0.2, 0.25) is 5.91 Å². The first-order chi connectivity index (χ1) is 10.2. The van der Waals surface area contributed by atoms with Gasteiger partial charge < -0.3 is 14.7 Å². The van der Waals surface area contributed by atoms with E-state index >= 15 is 0 Å². The second kappa shape index (κ2) is 6.16. The first kappa shape index (κ1) is 14.5. The Balaban J connectivity index is 1.90. The SMILES string of the molecule is O=C([C@H](c1ccccc1)C1(O)CCCC1)N1CCOCC1. The molecule has 0 spiro atoms. The van der Waals surface area contributed by atoms with Crippen LogP contribution in [0.1, 0.15) is 37.2 Å². The predicted octanol–water partition coefficient (Wildman–Crippen LogP) is 1.93. The second-order valence-electron chi connectivity index (χ2n) is 6.09. The molecule has 2 fully saturated rings. The molecule has 1 amide bonds. The molecule has 21 heavy (non-hydrogen) atoms. The van der Waals surface area contributed by atoms with E-state index in [4.69, 9.17) is 4.74 Å². The maximum absolute atomic E-state index is 13.0. The normalized spacial score (nSPS) is 23.0. The third kappa shape index (κ3) is 2.97. The maximum atomic E-state index is 13.0. The minimum atomic E-state index is -0.892. The largest absolute Gasteiger partial charge is 0.389 e. The smallest absolute Gasteiger partial charge is 0.233 e. The fourth-order valence-corrected chi connectivity index (χ4v) is 3.57. The fourth-order valence-electron chi connectivity index (χ4n) is 3.57. The van der Waals surface area contributed by atoms with Crippen molar-refractivity contribution >= 4 is 5.91 Å². The second-order valence-corrected chi connectivity index (χ2v) is 6.09. The van der Waals surface area contributed by atoms with Crippen molar-refractivity contribution in [2.45, 2.75) is 37.2 Å². The Morgan fingerprint density at radius 2 is 1.76 bits per heavy atom. The molecule has 1 aromatic carbocycles. The molecule has 0 aromatic heterocycles. The summed E-state index contributed by atoms with van der Waals surface area (Å²) in [4.78, 5) is 14.8. The van der Waals surface area contributed by atoms with Crippen LogP contribution in [-0.2, 0) is 9.53 Å². The third-order valence-electron chi connectivity index (χ3n) is 4.71. The molecule has 1 atom stereocenters. The quantitative estimate of drug-likeness (QED) is 0.925. The summed E-state index contributed by atoms with van der Waals surface area (Å²) in [7, 11) is 0. The van der Waals surface area contributed by atoms with Gasteiger partial charge in [-0.15, -0.1) is 0 Å². The Morgan fingerprint density at radius 3 is 2.38 bits per heavy atom. The van der Waals surface area contributed by atoms with Crippen LogP contribution in [0.2, 0.25) is 0 Å². The number of carbonyl (C=O) groups is 1. The molecule has 1 aliphatic heterocycles. The number of hydrogen-bond donors (Lipinski definition) is 1. The first-order valence-electron chi connectivity index (χ1n) is 7.84. The van der Waals surface area contributed by atoms with Crippen LogP contribution in [0, 0.1) is 0 Å². The maximum Gasteiger partial charge on any atom is 0.233 e. The Kier molecular flexibility index (Phi) is 4.27. The highest BCUT2D eigenvalue weighted by Gasteiger charge is 2.45. The van der Waals surface area contributed by atoms with E-state index in [1.54, 1.807) is 0 Å². The molecule has 1 aliphatic carbocycles. The van der Waals surface area contributed by atoms with Crippen molar-refractivity contribution in [2.24, 2.45) is 0 Å². The van der Waals surface area contributed by atoms with Gasteiger partial charge in [0.15, 0.2) is 0 Å². The number of morpholine rings is 1. The molecule has 0 bridgehead atoms. The molecule has 1 saturated carbocycles. The zero-order valence-electron chi connectivity index (χ0n) is 12.3. The minimum Gasteiger partial charge on any atom is -0.389 e. The van der Waals surface area contributed by atoms with E-state index in [9.17, 15) is 9.90 Å². The Bertz CT molecular complexity index is 476. The molecule has 114 valence electrons. The van der Waals surface area contributed by atoms with Crippen molar-refractivity contribution < 1.29 is 14.6 Å². The van der Waals surface area contributed by atoms with Gasteiger partial charge in [0.25, 0.3) is 0 Å². The van der Waals surface area contributed by atoms with Crippen molar-refractivity contribution in [1.29, 1.82) is 0 Å². The zero-order chi connectivity index (χ0) is 14.7. The van der Waals surface area contributed by atoms with Crippen molar-refractivity contribution in [3.8, 4) is 0 Å². The van der Waals surface area contributed by atoms with Crippen LogP contribution in [-0.4, -0.2) is 47.8 Å². The number of aliphatic hydroxyl groups is 1. The van der Waals surface area contributed by atoms with Gasteiger partial charge in [-0.3, -0.25) is 4.79 Å². The molecule has 1 saturated heterocycles. The minimum absolute atomic E-state index is 0.0499. The van der Waals surface area contributed by atoms with Crippen molar-refractivity contribution in [3.63, 3.8) is 0 Å². The van der Waals surface area contributed by atoms with Gasteiger partial charge in [-0.2, -0.15) is 0 Å². The molecule has 1 heterocycles. The summed E-state index contributed by atoms with van der Waals surface area (Å²) in [6, 6.07) is 9.73. The van der Waals surface area contributed by atoms with Gasteiger partial charge in [-0.05, 0) is 18.4 Å². The van der Waals surface area contributed by atoms with E-state index in [1.807, 2.05) is 35.2 Å². The average molecular weight is 289 g/mol. The van der Waals surface area contributed by atoms with E-state index in [0.717, 1.165) is 18.4 Å². The summed E-state index contributed by atoms with van der Waals surface area (Å²) in [5, 5.41) is 11.0. The van der Waals surface area contributed by atoms with Crippen LogP contribution in [0.5, 0.6) is 0 Å².